The molecule has 0 aromatic heterocycles. The number of ether oxygens (including phenoxy) is 1. The molecule has 21 heavy (non-hydrogen) atoms. The number of benzene rings is 2. The Labute approximate surface area is 122 Å². The lowest BCUT2D eigenvalue weighted by Gasteiger charge is -2.18. The van der Waals surface area contributed by atoms with E-state index >= 15 is 0 Å². The minimum absolute atomic E-state index is 0.126. The first-order chi connectivity index (χ1) is 10.0. The van der Waals surface area contributed by atoms with Crippen molar-refractivity contribution >= 4 is 16.7 Å². The van der Waals surface area contributed by atoms with Gasteiger partial charge in [-0.05, 0) is 41.5 Å². The molecule has 0 heterocycles. The second-order valence-corrected chi connectivity index (χ2v) is 4.81. The number of phenols is 1. The van der Waals surface area contributed by atoms with Gasteiger partial charge in [-0.3, -0.25) is 4.79 Å². The summed E-state index contributed by atoms with van der Waals surface area (Å²) in [5.41, 5.74) is 0.477. The van der Waals surface area contributed by atoms with Crippen LogP contribution in [0.3, 0.4) is 0 Å². The highest BCUT2D eigenvalue weighted by atomic mass is 16.5. The van der Waals surface area contributed by atoms with Crippen molar-refractivity contribution in [2.45, 2.75) is 25.6 Å². The molecule has 0 bridgehead atoms. The van der Waals surface area contributed by atoms with Gasteiger partial charge >= 0.3 is 5.97 Å². The molecule has 0 fully saturated rings. The summed E-state index contributed by atoms with van der Waals surface area (Å²) in [5.74, 6) is -0.427. The fourth-order valence-corrected chi connectivity index (χ4v) is 2.16. The molecule has 2 rings (SSSR count). The minimum Gasteiger partial charge on any atom is -0.508 e. The highest BCUT2D eigenvalue weighted by Crippen LogP contribution is 2.26. The highest BCUT2D eigenvalue weighted by molar-refractivity contribution is 5.84. The third-order valence-corrected chi connectivity index (χ3v) is 3.23. The highest BCUT2D eigenvalue weighted by Gasteiger charge is 2.22. The normalized spacial score (nSPS) is 13.9. The average Bonchev–Trinajstić information content (AvgIpc) is 2.45. The van der Waals surface area contributed by atoms with E-state index in [2.05, 4.69) is 0 Å². The van der Waals surface area contributed by atoms with E-state index in [1.54, 1.807) is 43.3 Å². The number of phenolic OH excluding ortho intramolecular Hbond substituents is 1. The molecule has 3 N–H and O–H groups in total. The molecule has 2 aromatic carbocycles. The van der Waals surface area contributed by atoms with Crippen LogP contribution in [0, 0.1) is 0 Å². The lowest BCUT2D eigenvalue weighted by Crippen LogP contribution is -2.23. The molecule has 2 unspecified atom stereocenters. The number of carbonyl (C=O) groups excluding carboxylic acids is 1. The third-order valence-electron chi connectivity index (χ3n) is 3.23. The average molecular weight is 290 g/mol. The van der Waals surface area contributed by atoms with Crippen molar-refractivity contribution in [3.05, 3.63) is 42.0 Å². The van der Waals surface area contributed by atoms with Gasteiger partial charge in [-0.1, -0.05) is 18.2 Å². The van der Waals surface area contributed by atoms with Crippen LogP contribution in [0.1, 0.15) is 25.0 Å². The number of carbonyl (C=O) groups is 1. The number of aliphatic hydroxyl groups is 2. The van der Waals surface area contributed by atoms with E-state index in [1.807, 2.05) is 0 Å². The molecule has 0 aliphatic rings. The molecular weight excluding hydrogens is 272 g/mol. The second kappa shape index (κ2) is 6.56. The van der Waals surface area contributed by atoms with Crippen LogP contribution in [0.15, 0.2) is 36.4 Å². The predicted octanol–water partition coefficient (Wildman–Crippen LogP) is 1.89. The topological polar surface area (TPSA) is 87.0 Å². The summed E-state index contributed by atoms with van der Waals surface area (Å²) in [6.45, 7) is 1.91. The van der Waals surface area contributed by atoms with E-state index in [-0.39, 0.29) is 18.8 Å². The molecule has 0 saturated carbocycles. The van der Waals surface area contributed by atoms with Gasteiger partial charge < -0.3 is 20.1 Å². The molecule has 2 aromatic rings. The predicted molar refractivity (Wildman–Crippen MR) is 77.8 cm³/mol. The zero-order chi connectivity index (χ0) is 15.4. The van der Waals surface area contributed by atoms with Gasteiger partial charge in [0.2, 0.25) is 0 Å². The maximum absolute atomic E-state index is 11.3. The van der Waals surface area contributed by atoms with Crippen molar-refractivity contribution in [1.82, 2.24) is 0 Å². The maximum atomic E-state index is 11.3. The quantitative estimate of drug-likeness (QED) is 0.732. The first kappa shape index (κ1) is 15.3. The van der Waals surface area contributed by atoms with Crippen molar-refractivity contribution in [2.24, 2.45) is 0 Å². The fraction of sp³-hybridized carbons (Fsp3) is 0.312. The summed E-state index contributed by atoms with van der Waals surface area (Å²) in [4.78, 5) is 11.3. The molecule has 0 amide bonds. The van der Waals surface area contributed by atoms with Crippen LogP contribution in [0.25, 0.3) is 10.8 Å². The summed E-state index contributed by atoms with van der Waals surface area (Å²) in [6.07, 6.45) is -2.70. The first-order valence-electron chi connectivity index (χ1n) is 6.75. The van der Waals surface area contributed by atoms with E-state index in [0.29, 0.717) is 5.56 Å². The monoisotopic (exact) mass is 290 g/mol. The molecule has 112 valence electrons. The Bertz CT molecular complexity index is 638. The van der Waals surface area contributed by atoms with Crippen LogP contribution in [-0.2, 0) is 9.53 Å². The number of hydrogen-bond donors (Lipinski definition) is 3. The standard InChI is InChI=1S/C16H18O5/c1-2-21-15(19)9-14(18)16(20)11-4-3-10-5-6-13(17)8-12(10)7-11/h3-8,14,16-18,20H,2,9H2,1H3. The number of esters is 1. The summed E-state index contributed by atoms with van der Waals surface area (Å²) in [7, 11) is 0. The Balaban J connectivity index is 2.18. The van der Waals surface area contributed by atoms with Crippen molar-refractivity contribution in [3.8, 4) is 5.75 Å². The van der Waals surface area contributed by atoms with E-state index in [0.717, 1.165) is 10.8 Å². The summed E-state index contributed by atoms with van der Waals surface area (Å²) in [6, 6.07) is 10.0. The first-order valence-corrected chi connectivity index (χ1v) is 6.75. The number of aromatic hydroxyl groups is 1. The van der Waals surface area contributed by atoms with Gasteiger partial charge in [-0.2, -0.15) is 0 Å². The van der Waals surface area contributed by atoms with Crippen LogP contribution >= 0.6 is 0 Å². The van der Waals surface area contributed by atoms with E-state index in [9.17, 15) is 20.1 Å². The molecule has 0 radical (unpaired) electrons. The number of aliphatic hydroxyl groups excluding tert-OH is 2. The SMILES string of the molecule is CCOC(=O)CC(O)C(O)c1ccc2ccc(O)cc2c1. The zero-order valence-electron chi connectivity index (χ0n) is 11.7. The van der Waals surface area contributed by atoms with Crippen molar-refractivity contribution in [3.63, 3.8) is 0 Å². The van der Waals surface area contributed by atoms with Crippen LogP contribution in [0.2, 0.25) is 0 Å². The minimum atomic E-state index is -1.24. The zero-order valence-corrected chi connectivity index (χ0v) is 11.7. The number of fused-ring (bicyclic) bond motifs is 1. The lowest BCUT2D eigenvalue weighted by molar-refractivity contribution is -0.147. The molecule has 0 aliphatic carbocycles. The largest absolute Gasteiger partial charge is 0.508 e. The van der Waals surface area contributed by atoms with Gasteiger partial charge in [0.05, 0.1) is 19.1 Å². The Morgan fingerprint density at radius 1 is 1.14 bits per heavy atom. The molecule has 2 atom stereocenters. The van der Waals surface area contributed by atoms with Crippen LogP contribution in [0.5, 0.6) is 5.75 Å². The van der Waals surface area contributed by atoms with Crippen LogP contribution < -0.4 is 0 Å². The Morgan fingerprint density at radius 2 is 1.86 bits per heavy atom. The van der Waals surface area contributed by atoms with E-state index < -0.39 is 18.2 Å². The van der Waals surface area contributed by atoms with Crippen LogP contribution in [-0.4, -0.2) is 34.0 Å². The molecule has 5 heteroatoms. The number of rotatable bonds is 5. The van der Waals surface area contributed by atoms with Gasteiger partial charge in [-0.25, -0.2) is 0 Å². The lowest BCUT2D eigenvalue weighted by atomic mass is 9.99. The molecule has 0 spiro atoms. The second-order valence-electron chi connectivity index (χ2n) is 4.81. The summed E-state index contributed by atoms with van der Waals surface area (Å²) in [5, 5.41) is 31.1. The molecule has 5 nitrogen and oxygen atoms in total. The third kappa shape index (κ3) is 3.71. The smallest absolute Gasteiger partial charge is 0.308 e. The van der Waals surface area contributed by atoms with Crippen molar-refractivity contribution < 1.29 is 24.9 Å². The van der Waals surface area contributed by atoms with Gasteiger partial charge in [0.15, 0.2) is 0 Å². The Kier molecular flexibility index (Phi) is 4.77. The van der Waals surface area contributed by atoms with Crippen molar-refractivity contribution in [2.75, 3.05) is 6.61 Å². The van der Waals surface area contributed by atoms with Crippen molar-refractivity contribution in [1.29, 1.82) is 0 Å². The molecular formula is C16H18O5. The summed E-state index contributed by atoms with van der Waals surface area (Å²) >= 11 is 0. The Hall–Kier alpha value is -2.11. The van der Waals surface area contributed by atoms with Gasteiger partial charge in [0.1, 0.15) is 11.9 Å². The Morgan fingerprint density at radius 3 is 2.57 bits per heavy atom. The van der Waals surface area contributed by atoms with E-state index in [1.165, 1.54) is 0 Å². The maximum Gasteiger partial charge on any atom is 0.308 e. The van der Waals surface area contributed by atoms with Gasteiger partial charge in [-0.15, -0.1) is 0 Å². The fourth-order valence-electron chi connectivity index (χ4n) is 2.16. The molecule has 0 saturated heterocycles. The molecule has 0 aliphatic heterocycles. The van der Waals surface area contributed by atoms with Crippen LogP contribution in [0.4, 0.5) is 0 Å². The van der Waals surface area contributed by atoms with Gasteiger partial charge in [0, 0.05) is 0 Å². The summed E-state index contributed by atoms with van der Waals surface area (Å²) < 4.78 is 4.74. The van der Waals surface area contributed by atoms with E-state index in [4.69, 9.17) is 4.74 Å². The van der Waals surface area contributed by atoms with Gasteiger partial charge in [0.25, 0.3) is 0 Å². The number of hydrogen-bond acceptors (Lipinski definition) is 5.